The maximum Gasteiger partial charge on any atom is 0.323 e. The maximum absolute atomic E-state index is 12.5. The van der Waals surface area contributed by atoms with Crippen LogP contribution in [0.3, 0.4) is 0 Å². The summed E-state index contributed by atoms with van der Waals surface area (Å²) in [6, 6.07) is 12.0. The van der Waals surface area contributed by atoms with Crippen molar-refractivity contribution in [1.82, 2.24) is 4.90 Å². The van der Waals surface area contributed by atoms with Crippen LogP contribution in [0.1, 0.15) is 15.8 Å². The van der Waals surface area contributed by atoms with Crippen molar-refractivity contribution in [3.63, 3.8) is 0 Å². The van der Waals surface area contributed by atoms with Gasteiger partial charge in [0.05, 0.1) is 0 Å². The van der Waals surface area contributed by atoms with Crippen LogP contribution >= 0.6 is 23.1 Å². The number of carbonyl (C=O) groups excluding carboxylic acids is 1. The van der Waals surface area contributed by atoms with E-state index in [0.29, 0.717) is 0 Å². The molecular weight excluding hydrogens is 288 g/mol. The number of thioether (sulfide) groups is 1. The zero-order chi connectivity index (χ0) is 13.9. The van der Waals surface area contributed by atoms with Gasteiger partial charge in [0, 0.05) is 22.9 Å². The number of aryl methyl sites for hydroxylation is 1. The van der Waals surface area contributed by atoms with Crippen LogP contribution in [0.25, 0.3) is 0 Å². The quantitative estimate of drug-likeness (QED) is 0.895. The number of urea groups is 1. The minimum atomic E-state index is -0.0114. The molecule has 104 valence electrons. The molecule has 1 saturated heterocycles. The molecule has 3 nitrogen and oxygen atoms in total. The summed E-state index contributed by atoms with van der Waals surface area (Å²) in [5.74, 6) is 0.990. The molecule has 20 heavy (non-hydrogen) atoms. The van der Waals surface area contributed by atoms with E-state index in [2.05, 4.69) is 16.8 Å². The van der Waals surface area contributed by atoms with Crippen LogP contribution in [0, 0.1) is 6.92 Å². The van der Waals surface area contributed by atoms with Crippen molar-refractivity contribution >= 4 is 34.8 Å². The molecule has 2 aromatic rings. The highest BCUT2D eigenvalue weighted by molar-refractivity contribution is 7.99. The van der Waals surface area contributed by atoms with Crippen LogP contribution in [-0.4, -0.2) is 23.2 Å². The molecule has 0 radical (unpaired) electrons. The topological polar surface area (TPSA) is 32.3 Å². The summed E-state index contributed by atoms with van der Waals surface area (Å²) < 4.78 is 0. The van der Waals surface area contributed by atoms with Crippen LogP contribution < -0.4 is 5.32 Å². The Morgan fingerprint density at radius 2 is 2.15 bits per heavy atom. The standard InChI is InChI=1S/C15H16N2OS2/c1-11-5-2-3-6-12(11)16-15(18)17-8-10-20-14(17)13-7-4-9-19-13/h2-7,9,14H,8,10H2,1H3,(H,16,18)/t14-/m0/s1. The Bertz CT molecular complexity index is 598. The highest BCUT2D eigenvalue weighted by atomic mass is 32.2. The van der Waals surface area contributed by atoms with Crippen molar-refractivity contribution < 1.29 is 4.79 Å². The van der Waals surface area contributed by atoms with Crippen LogP contribution in [0.5, 0.6) is 0 Å². The van der Waals surface area contributed by atoms with Gasteiger partial charge in [-0.1, -0.05) is 24.3 Å². The minimum Gasteiger partial charge on any atom is -0.308 e. The van der Waals surface area contributed by atoms with E-state index in [-0.39, 0.29) is 11.4 Å². The molecule has 0 aliphatic carbocycles. The minimum absolute atomic E-state index is 0.0114. The molecule has 1 N–H and O–H groups in total. The monoisotopic (exact) mass is 304 g/mol. The molecule has 0 bridgehead atoms. The van der Waals surface area contributed by atoms with Gasteiger partial charge in [-0.25, -0.2) is 4.79 Å². The summed E-state index contributed by atoms with van der Waals surface area (Å²) in [6.07, 6.45) is 0. The van der Waals surface area contributed by atoms with Crippen molar-refractivity contribution in [3.05, 3.63) is 52.2 Å². The van der Waals surface area contributed by atoms with Gasteiger partial charge in [-0.2, -0.15) is 0 Å². The van der Waals surface area contributed by atoms with Gasteiger partial charge in [0.25, 0.3) is 0 Å². The third kappa shape index (κ3) is 2.69. The zero-order valence-corrected chi connectivity index (χ0v) is 12.8. The largest absolute Gasteiger partial charge is 0.323 e. The third-order valence-corrected chi connectivity index (χ3v) is 5.64. The summed E-state index contributed by atoms with van der Waals surface area (Å²) in [7, 11) is 0. The molecule has 0 saturated carbocycles. The predicted molar refractivity (Wildman–Crippen MR) is 86.4 cm³/mol. The van der Waals surface area contributed by atoms with Gasteiger partial charge in [0.1, 0.15) is 5.37 Å². The molecule has 3 rings (SSSR count). The molecule has 2 heterocycles. The van der Waals surface area contributed by atoms with Crippen LogP contribution in [0.15, 0.2) is 41.8 Å². The Hall–Kier alpha value is -1.46. The number of benzene rings is 1. The van der Waals surface area contributed by atoms with Crippen molar-refractivity contribution in [2.45, 2.75) is 12.3 Å². The third-order valence-electron chi connectivity index (χ3n) is 3.33. The number of thiophene rings is 1. The van der Waals surface area contributed by atoms with Crippen LogP contribution in [-0.2, 0) is 0 Å². The maximum atomic E-state index is 12.5. The molecule has 1 fully saturated rings. The molecule has 1 aromatic heterocycles. The first-order valence-electron chi connectivity index (χ1n) is 6.54. The Morgan fingerprint density at radius 1 is 1.30 bits per heavy atom. The lowest BCUT2D eigenvalue weighted by Gasteiger charge is -2.23. The van der Waals surface area contributed by atoms with Crippen molar-refractivity contribution in [1.29, 1.82) is 0 Å². The van der Waals surface area contributed by atoms with Gasteiger partial charge >= 0.3 is 6.03 Å². The van der Waals surface area contributed by atoms with Crippen molar-refractivity contribution in [2.24, 2.45) is 0 Å². The van der Waals surface area contributed by atoms with Gasteiger partial charge in [-0.05, 0) is 30.0 Å². The van der Waals surface area contributed by atoms with E-state index in [4.69, 9.17) is 0 Å². The van der Waals surface area contributed by atoms with Crippen LogP contribution in [0.4, 0.5) is 10.5 Å². The zero-order valence-electron chi connectivity index (χ0n) is 11.2. The molecule has 1 aliphatic rings. The van der Waals surface area contributed by atoms with E-state index in [0.717, 1.165) is 23.5 Å². The fourth-order valence-electron chi connectivity index (χ4n) is 2.25. The first-order valence-corrected chi connectivity index (χ1v) is 8.47. The van der Waals surface area contributed by atoms with Gasteiger partial charge in [0.2, 0.25) is 0 Å². The Kier molecular flexibility index (Phi) is 3.98. The summed E-state index contributed by atoms with van der Waals surface area (Å²) in [6.45, 7) is 2.80. The number of nitrogens with one attached hydrogen (secondary N) is 1. The molecule has 1 aliphatic heterocycles. The first-order chi connectivity index (χ1) is 9.75. The number of rotatable bonds is 2. The van der Waals surface area contributed by atoms with E-state index < -0.39 is 0 Å². The average molecular weight is 304 g/mol. The smallest absolute Gasteiger partial charge is 0.308 e. The van der Waals surface area contributed by atoms with E-state index in [1.807, 2.05) is 53.9 Å². The number of nitrogens with zero attached hydrogens (tertiary/aromatic N) is 1. The number of anilines is 1. The molecule has 2 amide bonds. The first kappa shape index (κ1) is 13.5. The van der Waals surface area contributed by atoms with E-state index in [1.165, 1.54) is 4.88 Å². The Balaban J connectivity index is 1.75. The van der Waals surface area contributed by atoms with Crippen LogP contribution in [0.2, 0.25) is 0 Å². The average Bonchev–Trinajstić information content (AvgIpc) is 3.11. The normalized spacial score (nSPS) is 18.2. The lowest BCUT2D eigenvalue weighted by atomic mass is 10.2. The number of carbonyl (C=O) groups is 1. The molecule has 1 atom stereocenters. The Labute approximate surface area is 127 Å². The van der Waals surface area contributed by atoms with E-state index in [1.54, 1.807) is 11.3 Å². The molecule has 0 spiro atoms. The second-order valence-electron chi connectivity index (χ2n) is 4.68. The predicted octanol–water partition coefficient (Wildman–Crippen LogP) is 4.34. The van der Waals surface area contributed by atoms with Gasteiger partial charge < -0.3 is 10.2 Å². The lowest BCUT2D eigenvalue weighted by molar-refractivity contribution is 0.215. The van der Waals surface area contributed by atoms with Crippen molar-refractivity contribution in [2.75, 3.05) is 17.6 Å². The summed E-state index contributed by atoms with van der Waals surface area (Å²) in [5, 5.41) is 5.24. The second kappa shape index (κ2) is 5.89. The lowest BCUT2D eigenvalue weighted by Crippen LogP contribution is -2.34. The highest BCUT2D eigenvalue weighted by Crippen LogP contribution is 2.40. The van der Waals surface area contributed by atoms with Gasteiger partial charge in [-0.15, -0.1) is 23.1 Å². The molecule has 1 aromatic carbocycles. The van der Waals surface area contributed by atoms with Gasteiger partial charge in [0.15, 0.2) is 0 Å². The Morgan fingerprint density at radius 3 is 2.90 bits per heavy atom. The number of para-hydroxylation sites is 1. The second-order valence-corrected chi connectivity index (χ2v) is 6.84. The number of hydrogen-bond acceptors (Lipinski definition) is 3. The molecule has 5 heteroatoms. The number of amides is 2. The summed E-state index contributed by atoms with van der Waals surface area (Å²) in [4.78, 5) is 15.6. The van der Waals surface area contributed by atoms with Crippen molar-refractivity contribution in [3.8, 4) is 0 Å². The molecular formula is C15H16N2OS2. The number of hydrogen-bond donors (Lipinski definition) is 1. The van der Waals surface area contributed by atoms with Gasteiger partial charge in [-0.3, -0.25) is 0 Å². The highest BCUT2D eigenvalue weighted by Gasteiger charge is 2.31. The van der Waals surface area contributed by atoms with E-state index >= 15 is 0 Å². The fourth-order valence-corrected chi connectivity index (χ4v) is 4.48. The summed E-state index contributed by atoms with van der Waals surface area (Å²) in [5.41, 5.74) is 1.97. The molecule has 0 unspecified atom stereocenters. The SMILES string of the molecule is Cc1ccccc1NC(=O)N1CCS[C@H]1c1cccs1. The summed E-state index contributed by atoms with van der Waals surface area (Å²) >= 11 is 3.54. The van der Waals surface area contributed by atoms with E-state index in [9.17, 15) is 4.79 Å². The fraction of sp³-hybridized carbons (Fsp3) is 0.267.